The molecule has 3 heteroatoms. The van der Waals surface area contributed by atoms with E-state index >= 15 is 0 Å². The van der Waals surface area contributed by atoms with Crippen molar-refractivity contribution >= 4 is 33.7 Å². The summed E-state index contributed by atoms with van der Waals surface area (Å²) in [5.74, 6) is 0. The fraction of sp³-hybridized carbons (Fsp3) is 0.0556. The average molecular weight is 293 g/mol. The summed E-state index contributed by atoms with van der Waals surface area (Å²) in [7, 11) is 0. The van der Waals surface area contributed by atoms with Crippen molar-refractivity contribution in [3.05, 3.63) is 70.7 Å². The van der Waals surface area contributed by atoms with Gasteiger partial charge in [-0.05, 0) is 42.8 Å². The van der Waals surface area contributed by atoms with Crippen LogP contribution in [0.15, 0.2) is 54.6 Å². The number of aryl methyl sites for hydroxylation is 1. The van der Waals surface area contributed by atoms with Gasteiger partial charge in [0, 0.05) is 27.2 Å². The molecule has 102 valence electrons. The van der Waals surface area contributed by atoms with Gasteiger partial charge < -0.3 is 5.32 Å². The second kappa shape index (κ2) is 5.47. The van der Waals surface area contributed by atoms with E-state index in [1.54, 1.807) is 0 Å². The lowest BCUT2D eigenvalue weighted by molar-refractivity contribution is 1.44. The third-order valence-electron chi connectivity index (χ3n) is 3.50. The number of rotatable bonds is 2. The van der Waals surface area contributed by atoms with Crippen LogP contribution in [0.5, 0.6) is 0 Å². The minimum absolute atomic E-state index is 0.684. The van der Waals surface area contributed by atoms with E-state index in [4.69, 9.17) is 11.6 Å². The number of hydrogen-bond donors (Lipinski definition) is 1. The predicted octanol–water partition coefficient (Wildman–Crippen LogP) is 5.42. The largest absolute Gasteiger partial charge is 0.355 e. The van der Waals surface area contributed by atoms with Crippen LogP contribution in [-0.2, 0) is 0 Å². The van der Waals surface area contributed by atoms with Gasteiger partial charge in [0.15, 0.2) is 0 Å². The highest BCUT2D eigenvalue weighted by atomic mass is 35.5. The topological polar surface area (TPSA) is 35.8 Å². The highest BCUT2D eigenvalue weighted by molar-refractivity contribution is 6.30. The van der Waals surface area contributed by atoms with Crippen LogP contribution in [0.25, 0.3) is 10.8 Å². The summed E-state index contributed by atoms with van der Waals surface area (Å²) in [5, 5.41) is 15.3. The lowest BCUT2D eigenvalue weighted by Gasteiger charge is -2.13. The molecule has 1 N–H and O–H groups in total. The molecule has 0 spiro atoms. The molecule has 0 heterocycles. The molecule has 0 fully saturated rings. The van der Waals surface area contributed by atoms with Crippen LogP contribution in [-0.4, -0.2) is 0 Å². The molecule has 3 aromatic carbocycles. The first-order valence-corrected chi connectivity index (χ1v) is 7.02. The van der Waals surface area contributed by atoms with Gasteiger partial charge in [-0.2, -0.15) is 5.26 Å². The maximum Gasteiger partial charge on any atom is 0.0998 e. The lowest BCUT2D eigenvalue weighted by Crippen LogP contribution is -1.95. The quantitative estimate of drug-likeness (QED) is 0.685. The van der Waals surface area contributed by atoms with Gasteiger partial charge in [0.25, 0.3) is 0 Å². The molecule has 0 aliphatic heterocycles. The summed E-state index contributed by atoms with van der Waals surface area (Å²) in [6.45, 7) is 2.01. The van der Waals surface area contributed by atoms with Gasteiger partial charge in [-0.3, -0.25) is 0 Å². The molecule has 21 heavy (non-hydrogen) atoms. The van der Waals surface area contributed by atoms with Crippen molar-refractivity contribution in [1.82, 2.24) is 0 Å². The van der Waals surface area contributed by atoms with Crippen LogP contribution < -0.4 is 5.32 Å². The molecule has 3 rings (SSSR count). The molecule has 0 amide bonds. The fourth-order valence-corrected chi connectivity index (χ4v) is 2.64. The number of nitrogens with one attached hydrogen (secondary N) is 1. The minimum Gasteiger partial charge on any atom is -0.355 e. The highest BCUT2D eigenvalue weighted by Crippen LogP contribution is 2.30. The van der Waals surface area contributed by atoms with Crippen molar-refractivity contribution in [3.8, 4) is 6.07 Å². The van der Waals surface area contributed by atoms with Crippen LogP contribution in [0, 0.1) is 18.3 Å². The molecule has 0 aliphatic rings. The molecule has 0 unspecified atom stereocenters. The van der Waals surface area contributed by atoms with Gasteiger partial charge in [0.2, 0.25) is 0 Å². The Morgan fingerprint density at radius 2 is 1.67 bits per heavy atom. The van der Waals surface area contributed by atoms with Crippen LogP contribution in [0.1, 0.15) is 11.1 Å². The predicted molar refractivity (Wildman–Crippen MR) is 88.1 cm³/mol. The van der Waals surface area contributed by atoms with Crippen molar-refractivity contribution in [3.63, 3.8) is 0 Å². The number of anilines is 2. The summed E-state index contributed by atoms with van der Waals surface area (Å²) >= 11 is 5.99. The molecular formula is C18H13ClN2. The average Bonchev–Trinajstić information content (AvgIpc) is 2.50. The Kier molecular flexibility index (Phi) is 3.51. The van der Waals surface area contributed by atoms with Crippen molar-refractivity contribution in [2.24, 2.45) is 0 Å². The van der Waals surface area contributed by atoms with E-state index < -0.39 is 0 Å². The third-order valence-corrected chi connectivity index (χ3v) is 3.74. The number of nitriles is 1. The smallest absolute Gasteiger partial charge is 0.0998 e. The van der Waals surface area contributed by atoms with Crippen molar-refractivity contribution in [2.45, 2.75) is 6.92 Å². The van der Waals surface area contributed by atoms with Gasteiger partial charge in [0.05, 0.1) is 11.6 Å². The molecule has 0 radical (unpaired) electrons. The summed E-state index contributed by atoms with van der Waals surface area (Å²) in [4.78, 5) is 0. The van der Waals surface area contributed by atoms with Crippen LogP contribution >= 0.6 is 11.6 Å². The Morgan fingerprint density at radius 1 is 0.952 bits per heavy atom. The monoisotopic (exact) mass is 292 g/mol. The third kappa shape index (κ3) is 2.56. The Hall–Kier alpha value is -2.50. The summed E-state index contributed by atoms with van der Waals surface area (Å²) in [5.41, 5.74) is 3.75. The molecule has 0 aromatic heterocycles. The Bertz CT molecular complexity index is 863. The molecule has 0 bridgehead atoms. The second-order valence-corrected chi connectivity index (χ2v) is 5.34. The van der Waals surface area contributed by atoms with Gasteiger partial charge >= 0.3 is 0 Å². The summed E-state index contributed by atoms with van der Waals surface area (Å²) in [6, 6.07) is 19.7. The molecule has 0 saturated heterocycles. The SMILES string of the molecule is Cc1cc(Cl)ccc1Nc1ccc(C#N)c2ccccc12. The van der Waals surface area contributed by atoms with E-state index in [9.17, 15) is 5.26 Å². The maximum atomic E-state index is 9.21. The zero-order valence-electron chi connectivity index (χ0n) is 11.5. The van der Waals surface area contributed by atoms with Crippen LogP contribution in [0.3, 0.4) is 0 Å². The van der Waals surface area contributed by atoms with E-state index in [2.05, 4.69) is 11.4 Å². The van der Waals surface area contributed by atoms with Gasteiger partial charge in [0.1, 0.15) is 0 Å². The van der Waals surface area contributed by atoms with Gasteiger partial charge in [-0.25, -0.2) is 0 Å². The zero-order valence-corrected chi connectivity index (χ0v) is 12.3. The maximum absolute atomic E-state index is 9.21. The van der Waals surface area contributed by atoms with Crippen molar-refractivity contribution in [1.29, 1.82) is 5.26 Å². The first-order chi connectivity index (χ1) is 10.2. The summed E-state index contributed by atoms with van der Waals surface area (Å²) < 4.78 is 0. The van der Waals surface area contributed by atoms with Crippen molar-refractivity contribution in [2.75, 3.05) is 5.32 Å². The normalized spacial score (nSPS) is 10.3. The molecule has 0 saturated carbocycles. The Labute approximate surface area is 128 Å². The first kappa shape index (κ1) is 13.5. The molecule has 3 aromatic rings. The number of benzene rings is 3. The van der Waals surface area contributed by atoms with E-state index in [1.807, 2.05) is 61.5 Å². The van der Waals surface area contributed by atoms with E-state index in [1.165, 1.54) is 0 Å². The second-order valence-electron chi connectivity index (χ2n) is 4.90. The highest BCUT2D eigenvalue weighted by Gasteiger charge is 2.07. The van der Waals surface area contributed by atoms with Crippen LogP contribution in [0.4, 0.5) is 11.4 Å². The number of nitrogens with zero attached hydrogens (tertiary/aromatic N) is 1. The molecule has 0 aliphatic carbocycles. The van der Waals surface area contributed by atoms with E-state index in [0.717, 1.165) is 32.7 Å². The Morgan fingerprint density at radius 3 is 2.38 bits per heavy atom. The van der Waals surface area contributed by atoms with E-state index in [-0.39, 0.29) is 0 Å². The van der Waals surface area contributed by atoms with Crippen molar-refractivity contribution < 1.29 is 0 Å². The minimum atomic E-state index is 0.684. The van der Waals surface area contributed by atoms with E-state index in [0.29, 0.717) is 5.56 Å². The van der Waals surface area contributed by atoms with Crippen LogP contribution in [0.2, 0.25) is 5.02 Å². The number of hydrogen-bond acceptors (Lipinski definition) is 2. The number of halogens is 1. The fourth-order valence-electron chi connectivity index (χ4n) is 2.42. The zero-order chi connectivity index (χ0) is 14.8. The van der Waals surface area contributed by atoms with Gasteiger partial charge in [-0.1, -0.05) is 35.9 Å². The van der Waals surface area contributed by atoms with Gasteiger partial charge in [-0.15, -0.1) is 0 Å². The summed E-state index contributed by atoms with van der Waals surface area (Å²) in [6.07, 6.45) is 0. The number of fused-ring (bicyclic) bond motifs is 1. The molecule has 2 nitrogen and oxygen atoms in total. The standard InChI is InChI=1S/C18H13ClN2/c1-12-10-14(19)7-9-17(12)21-18-8-6-13(11-20)15-4-2-3-5-16(15)18/h2-10,21H,1H3. The molecule has 0 atom stereocenters. The first-order valence-electron chi connectivity index (χ1n) is 6.64. The Balaban J connectivity index is 2.12. The lowest BCUT2D eigenvalue weighted by atomic mass is 10.0. The molecular weight excluding hydrogens is 280 g/mol.